The van der Waals surface area contributed by atoms with Crippen LogP contribution in [-0.2, 0) is 21.5 Å². The topological polar surface area (TPSA) is 105 Å². The molecule has 0 saturated carbocycles. The van der Waals surface area contributed by atoms with E-state index in [1.165, 1.54) is 6.07 Å². The number of piperidine rings is 1. The molecule has 32 heavy (non-hydrogen) atoms. The average molecular weight is 442 g/mol. The molecular formula is C24H31N3O5. The molecule has 2 aromatic rings. The van der Waals surface area contributed by atoms with E-state index < -0.39 is 16.6 Å². The van der Waals surface area contributed by atoms with Crippen LogP contribution < -0.4 is 10.7 Å². The highest BCUT2D eigenvalue weighted by molar-refractivity contribution is 5.78. The molecule has 0 spiro atoms. The summed E-state index contributed by atoms with van der Waals surface area (Å²) in [6.07, 6.45) is 6.75. The zero-order valence-electron chi connectivity index (χ0n) is 18.5. The molecule has 2 aliphatic rings. The number of aromatic hydroxyl groups is 1. The molecule has 2 aromatic heterocycles. The van der Waals surface area contributed by atoms with Crippen LogP contribution >= 0.6 is 0 Å². The van der Waals surface area contributed by atoms with Crippen molar-refractivity contribution in [3.63, 3.8) is 0 Å². The van der Waals surface area contributed by atoms with Gasteiger partial charge in [0.1, 0.15) is 5.76 Å². The highest BCUT2D eigenvalue weighted by atomic mass is 16.5. The summed E-state index contributed by atoms with van der Waals surface area (Å²) in [5.41, 5.74) is -0.0688. The first kappa shape index (κ1) is 22.5. The molecule has 8 nitrogen and oxygen atoms in total. The summed E-state index contributed by atoms with van der Waals surface area (Å²) in [7, 11) is 0. The van der Waals surface area contributed by atoms with Crippen LogP contribution in [0.15, 0.2) is 39.8 Å². The minimum absolute atomic E-state index is 0.0583. The zero-order valence-corrected chi connectivity index (χ0v) is 18.5. The second kappa shape index (κ2) is 9.83. The molecule has 0 aromatic carbocycles. The number of aryl methyl sites for hydroxylation is 1. The van der Waals surface area contributed by atoms with Crippen molar-refractivity contribution in [1.29, 1.82) is 0 Å². The fourth-order valence-electron chi connectivity index (χ4n) is 4.86. The smallest absolute Gasteiger partial charge is 0.227 e. The summed E-state index contributed by atoms with van der Waals surface area (Å²) in [5, 5.41) is 13.6. The second-order valence-corrected chi connectivity index (χ2v) is 8.97. The van der Waals surface area contributed by atoms with Crippen LogP contribution in [0.4, 0.5) is 0 Å². The van der Waals surface area contributed by atoms with Crippen LogP contribution in [0.25, 0.3) is 0 Å². The molecule has 1 amide bonds. The van der Waals surface area contributed by atoms with Crippen molar-refractivity contribution in [1.82, 2.24) is 15.2 Å². The third kappa shape index (κ3) is 5.19. The SMILES string of the molecule is Cc1cc(=O)c(O)c(C2(CC(=O)NC3CCCN(Cc4cccnc4)C3)CCOCC2)o1. The van der Waals surface area contributed by atoms with E-state index in [0.29, 0.717) is 31.8 Å². The van der Waals surface area contributed by atoms with Gasteiger partial charge in [-0.25, -0.2) is 0 Å². The molecule has 0 aliphatic carbocycles. The first-order valence-corrected chi connectivity index (χ1v) is 11.3. The first-order valence-electron chi connectivity index (χ1n) is 11.3. The Bertz CT molecular complexity index is 985. The molecule has 1 atom stereocenters. The molecule has 8 heteroatoms. The van der Waals surface area contributed by atoms with Crippen LogP contribution in [0.1, 0.15) is 49.2 Å². The van der Waals surface area contributed by atoms with Gasteiger partial charge in [-0.1, -0.05) is 6.07 Å². The lowest BCUT2D eigenvalue weighted by molar-refractivity contribution is -0.124. The standard InChI is InChI=1S/C24H31N3O5/c1-17-12-20(28)22(30)23(32-17)24(6-10-31-11-7-24)13-21(29)26-19-5-3-9-27(16-19)15-18-4-2-8-25-14-18/h2,4,8,12,14,19,30H,3,5-7,9-11,13,15-16H2,1H3,(H,26,29). The summed E-state index contributed by atoms with van der Waals surface area (Å²) in [4.78, 5) is 31.8. The van der Waals surface area contributed by atoms with E-state index in [1.807, 2.05) is 12.3 Å². The summed E-state index contributed by atoms with van der Waals surface area (Å²) in [6.45, 7) is 5.16. The fraction of sp³-hybridized carbons (Fsp3) is 0.542. The molecule has 2 aliphatic heterocycles. The molecule has 2 N–H and O–H groups in total. The molecule has 4 rings (SSSR count). The first-order chi connectivity index (χ1) is 15.4. The Balaban J connectivity index is 1.44. The van der Waals surface area contributed by atoms with Crippen molar-refractivity contribution in [2.45, 2.75) is 57.0 Å². The van der Waals surface area contributed by atoms with Crippen LogP contribution in [-0.4, -0.2) is 53.2 Å². The van der Waals surface area contributed by atoms with Gasteiger partial charge in [0.05, 0.1) is 0 Å². The van der Waals surface area contributed by atoms with E-state index in [2.05, 4.69) is 21.3 Å². The number of carbonyl (C=O) groups is 1. The normalized spacial score (nSPS) is 21.2. The van der Waals surface area contributed by atoms with E-state index in [0.717, 1.165) is 38.0 Å². The molecule has 2 fully saturated rings. The van der Waals surface area contributed by atoms with Gasteiger partial charge in [-0.15, -0.1) is 0 Å². The minimum atomic E-state index is -0.748. The highest BCUT2D eigenvalue weighted by Crippen LogP contribution is 2.41. The van der Waals surface area contributed by atoms with Gasteiger partial charge in [-0.05, 0) is 50.8 Å². The van der Waals surface area contributed by atoms with Crippen molar-refractivity contribution >= 4 is 5.91 Å². The van der Waals surface area contributed by atoms with Crippen LogP contribution in [0.3, 0.4) is 0 Å². The fourth-order valence-corrected chi connectivity index (χ4v) is 4.86. The van der Waals surface area contributed by atoms with E-state index in [4.69, 9.17) is 9.15 Å². The van der Waals surface area contributed by atoms with Crippen LogP contribution in [0, 0.1) is 6.92 Å². The predicted octanol–water partition coefficient (Wildman–Crippen LogP) is 2.27. The number of pyridine rings is 1. The van der Waals surface area contributed by atoms with Crippen LogP contribution in [0.5, 0.6) is 5.75 Å². The Hall–Kier alpha value is -2.71. The Morgan fingerprint density at radius 2 is 2.19 bits per heavy atom. The maximum Gasteiger partial charge on any atom is 0.227 e. The Labute approximate surface area is 187 Å². The Morgan fingerprint density at radius 1 is 1.38 bits per heavy atom. The molecule has 4 heterocycles. The summed E-state index contributed by atoms with van der Waals surface area (Å²) in [5.74, 6) is 0.143. The second-order valence-electron chi connectivity index (χ2n) is 8.97. The maximum absolute atomic E-state index is 13.1. The number of aromatic nitrogens is 1. The Morgan fingerprint density at radius 3 is 2.94 bits per heavy atom. The van der Waals surface area contributed by atoms with Crippen LogP contribution in [0.2, 0.25) is 0 Å². The quantitative estimate of drug-likeness (QED) is 0.708. The minimum Gasteiger partial charge on any atom is -0.502 e. The van der Waals surface area contributed by atoms with E-state index >= 15 is 0 Å². The van der Waals surface area contributed by atoms with Crippen molar-refractivity contribution in [2.75, 3.05) is 26.3 Å². The lowest BCUT2D eigenvalue weighted by Gasteiger charge is -2.37. The van der Waals surface area contributed by atoms with Gasteiger partial charge in [0.15, 0.2) is 5.76 Å². The molecule has 0 bridgehead atoms. The van der Waals surface area contributed by atoms with Gasteiger partial charge in [0.2, 0.25) is 17.1 Å². The monoisotopic (exact) mass is 441 g/mol. The van der Waals surface area contributed by atoms with Gasteiger partial charge < -0.3 is 19.6 Å². The number of hydrogen-bond donors (Lipinski definition) is 2. The number of likely N-dealkylation sites (tertiary alicyclic amines) is 1. The number of nitrogens with zero attached hydrogens (tertiary/aromatic N) is 2. The van der Waals surface area contributed by atoms with E-state index in [-0.39, 0.29) is 24.1 Å². The number of rotatable bonds is 6. The third-order valence-corrected chi connectivity index (χ3v) is 6.48. The number of carbonyl (C=O) groups excluding carboxylic acids is 1. The average Bonchev–Trinajstić information content (AvgIpc) is 2.77. The van der Waals surface area contributed by atoms with Crippen molar-refractivity contribution in [3.05, 3.63) is 57.9 Å². The van der Waals surface area contributed by atoms with Crippen molar-refractivity contribution < 1.29 is 19.1 Å². The van der Waals surface area contributed by atoms with Gasteiger partial charge in [0, 0.05) is 62.6 Å². The number of nitrogens with one attached hydrogen (secondary N) is 1. The lowest BCUT2D eigenvalue weighted by atomic mass is 9.74. The van der Waals surface area contributed by atoms with Gasteiger partial charge >= 0.3 is 0 Å². The van der Waals surface area contributed by atoms with Gasteiger partial charge in [-0.3, -0.25) is 19.5 Å². The van der Waals surface area contributed by atoms with Crippen molar-refractivity contribution in [3.8, 4) is 5.75 Å². The third-order valence-electron chi connectivity index (χ3n) is 6.48. The largest absolute Gasteiger partial charge is 0.502 e. The van der Waals surface area contributed by atoms with E-state index in [1.54, 1.807) is 13.1 Å². The molecule has 0 radical (unpaired) electrons. The highest BCUT2D eigenvalue weighted by Gasteiger charge is 2.42. The molecule has 2 saturated heterocycles. The Kier molecular flexibility index (Phi) is 6.91. The predicted molar refractivity (Wildman–Crippen MR) is 118 cm³/mol. The maximum atomic E-state index is 13.1. The summed E-state index contributed by atoms with van der Waals surface area (Å²) < 4.78 is 11.3. The van der Waals surface area contributed by atoms with Gasteiger partial charge in [-0.2, -0.15) is 0 Å². The van der Waals surface area contributed by atoms with E-state index in [9.17, 15) is 14.7 Å². The zero-order chi connectivity index (χ0) is 22.6. The van der Waals surface area contributed by atoms with Gasteiger partial charge in [0.25, 0.3) is 0 Å². The molecular weight excluding hydrogens is 410 g/mol. The summed E-state index contributed by atoms with van der Waals surface area (Å²) in [6, 6.07) is 5.32. The molecule has 172 valence electrons. The molecule has 1 unspecified atom stereocenters. The number of hydrogen-bond acceptors (Lipinski definition) is 7. The summed E-state index contributed by atoms with van der Waals surface area (Å²) >= 11 is 0. The number of ether oxygens (including phenoxy) is 1. The lowest BCUT2D eigenvalue weighted by Crippen LogP contribution is -2.49. The van der Waals surface area contributed by atoms with Crippen molar-refractivity contribution in [2.24, 2.45) is 0 Å². The number of amides is 1.